The number of nitrogens with zero attached hydrogens (tertiary/aromatic N) is 2. The van der Waals surface area contributed by atoms with Crippen LogP contribution in [0.3, 0.4) is 0 Å². The number of amides is 1. The van der Waals surface area contributed by atoms with Gasteiger partial charge in [0.15, 0.2) is 11.4 Å². The molecule has 1 amide bonds. The van der Waals surface area contributed by atoms with Crippen LogP contribution in [0.25, 0.3) is 11.3 Å². The highest BCUT2D eigenvalue weighted by Gasteiger charge is 2.51. The molecular formula is C21H16Cl2N4O4. The molecule has 10 heteroatoms. The summed E-state index contributed by atoms with van der Waals surface area (Å²) in [6.07, 6.45) is 2.63. The number of ether oxygens (including phenoxy) is 1. The number of carbonyl (C=O) groups excluding carboxylic acids is 1. The number of benzene rings is 2. The number of anilines is 1. The smallest absolute Gasteiger partial charge is 0.344 e. The molecule has 1 saturated carbocycles. The van der Waals surface area contributed by atoms with Gasteiger partial charge in [-0.1, -0.05) is 29.6 Å². The molecule has 2 heterocycles. The summed E-state index contributed by atoms with van der Waals surface area (Å²) in [4.78, 5) is 38.3. The largest absolute Gasteiger partial charge is 0.454 e. The molecule has 0 radical (unpaired) electrons. The molecule has 1 fully saturated rings. The number of halogens is 2. The van der Waals surface area contributed by atoms with Crippen LogP contribution in [0.2, 0.25) is 10.0 Å². The van der Waals surface area contributed by atoms with Crippen molar-refractivity contribution in [3.05, 3.63) is 66.8 Å². The fraction of sp³-hybridized carbons (Fsp3) is 0.238. The molecular weight excluding hydrogens is 443 g/mol. The summed E-state index contributed by atoms with van der Waals surface area (Å²) in [5.41, 5.74) is 0.325. The Kier molecular flexibility index (Phi) is 4.46. The molecule has 158 valence electrons. The lowest BCUT2D eigenvalue weighted by atomic mass is 9.65. The lowest BCUT2D eigenvalue weighted by Crippen LogP contribution is -2.40. The first-order valence-corrected chi connectivity index (χ1v) is 10.3. The van der Waals surface area contributed by atoms with Gasteiger partial charge in [0.2, 0.25) is 5.91 Å². The Balaban J connectivity index is 1.51. The predicted octanol–water partition coefficient (Wildman–Crippen LogP) is 3.61. The van der Waals surface area contributed by atoms with E-state index in [2.05, 4.69) is 15.4 Å². The Hall–Kier alpha value is -3.10. The first-order valence-electron chi connectivity index (χ1n) is 9.59. The number of hydrogen-bond acceptors (Lipinski definition) is 5. The van der Waals surface area contributed by atoms with Crippen LogP contribution in [-0.4, -0.2) is 20.7 Å². The lowest BCUT2D eigenvalue weighted by Gasteiger charge is -2.36. The number of nitrogens with one attached hydrogen (secondary N) is 2. The van der Waals surface area contributed by atoms with E-state index in [9.17, 15) is 14.4 Å². The number of fused-ring (bicyclic) bond motifs is 2. The van der Waals surface area contributed by atoms with Crippen LogP contribution in [0.4, 0.5) is 5.69 Å². The maximum atomic E-state index is 12.4. The van der Waals surface area contributed by atoms with Crippen molar-refractivity contribution in [1.29, 1.82) is 0 Å². The first kappa shape index (κ1) is 19.8. The molecule has 1 aromatic heterocycles. The molecule has 0 atom stereocenters. The van der Waals surface area contributed by atoms with Crippen molar-refractivity contribution >= 4 is 34.8 Å². The van der Waals surface area contributed by atoms with Gasteiger partial charge in [0.05, 0.1) is 15.5 Å². The number of aryl methyl sites for hydroxylation is 1. The van der Waals surface area contributed by atoms with Gasteiger partial charge < -0.3 is 10.1 Å². The Morgan fingerprint density at radius 3 is 2.45 bits per heavy atom. The van der Waals surface area contributed by atoms with Gasteiger partial charge in [-0.05, 0) is 48.7 Å². The third kappa shape index (κ3) is 3.05. The topological polar surface area (TPSA) is 106 Å². The molecule has 1 aliphatic heterocycles. The summed E-state index contributed by atoms with van der Waals surface area (Å²) in [5, 5.41) is 7.26. The van der Waals surface area contributed by atoms with E-state index in [1.54, 1.807) is 12.1 Å². The summed E-state index contributed by atoms with van der Waals surface area (Å²) in [6, 6.07) is 8.37. The number of aromatic nitrogens is 3. The number of H-pyrrole nitrogens is 1. The summed E-state index contributed by atoms with van der Waals surface area (Å²) in [7, 11) is 1.42. The van der Waals surface area contributed by atoms with Crippen LogP contribution in [0, 0.1) is 0 Å². The Labute approximate surface area is 185 Å². The first-order chi connectivity index (χ1) is 14.8. The SMILES string of the molecule is Cn1nc(-c2cc(Cl)c(Oc3ccc4c(c3)C3(CCC3)C(=O)N4)c(Cl)c2)c(=O)[nH]c1=O. The van der Waals surface area contributed by atoms with E-state index >= 15 is 0 Å². The van der Waals surface area contributed by atoms with Crippen molar-refractivity contribution in [1.82, 2.24) is 14.8 Å². The van der Waals surface area contributed by atoms with Crippen molar-refractivity contribution in [2.24, 2.45) is 7.05 Å². The Morgan fingerprint density at radius 2 is 1.81 bits per heavy atom. The van der Waals surface area contributed by atoms with Crippen molar-refractivity contribution in [2.45, 2.75) is 24.7 Å². The normalized spacial score (nSPS) is 16.0. The predicted molar refractivity (Wildman–Crippen MR) is 116 cm³/mol. The van der Waals surface area contributed by atoms with Crippen LogP contribution in [-0.2, 0) is 17.3 Å². The van der Waals surface area contributed by atoms with E-state index in [4.69, 9.17) is 27.9 Å². The number of rotatable bonds is 3. The zero-order chi connectivity index (χ0) is 21.9. The molecule has 3 aromatic rings. The average Bonchev–Trinajstić information content (AvgIpc) is 2.98. The van der Waals surface area contributed by atoms with Gasteiger partial charge in [0, 0.05) is 18.3 Å². The minimum Gasteiger partial charge on any atom is -0.454 e. The molecule has 8 nitrogen and oxygen atoms in total. The Morgan fingerprint density at radius 1 is 1.10 bits per heavy atom. The quantitative estimate of drug-likeness (QED) is 0.623. The van der Waals surface area contributed by atoms with Gasteiger partial charge >= 0.3 is 5.69 Å². The lowest BCUT2D eigenvalue weighted by molar-refractivity contribution is -0.123. The van der Waals surface area contributed by atoms with Crippen molar-refractivity contribution in [3.8, 4) is 22.8 Å². The van der Waals surface area contributed by atoms with Gasteiger partial charge in [-0.3, -0.25) is 14.6 Å². The minimum absolute atomic E-state index is 0.00601. The van der Waals surface area contributed by atoms with Crippen LogP contribution < -0.4 is 21.3 Å². The molecule has 0 unspecified atom stereocenters. The number of carbonyl (C=O) groups is 1. The van der Waals surface area contributed by atoms with Gasteiger partial charge in [-0.25, -0.2) is 9.48 Å². The standard InChI is InChI=1S/C21H16Cl2N4O4/c1-27-20(30)25-18(28)16(26-27)10-7-13(22)17(14(23)8-10)31-11-3-4-15-12(9-11)21(5-2-6-21)19(29)24-15/h3-4,7-9H,2,5-6H2,1H3,(H,24,29)(H,25,28,30). The molecule has 31 heavy (non-hydrogen) atoms. The molecule has 1 aliphatic carbocycles. The highest BCUT2D eigenvalue weighted by molar-refractivity contribution is 6.37. The van der Waals surface area contributed by atoms with Gasteiger partial charge in [-0.15, -0.1) is 0 Å². The highest BCUT2D eigenvalue weighted by Crippen LogP contribution is 2.52. The molecule has 5 rings (SSSR count). The number of aromatic amines is 1. The third-order valence-electron chi connectivity index (χ3n) is 5.87. The summed E-state index contributed by atoms with van der Waals surface area (Å²) < 4.78 is 6.97. The number of hydrogen-bond donors (Lipinski definition) is 2. The molecule has 0 bridgehead atoms. The highest BCUT2D eigenvalue weighted by atomic mass is 35.5. The molecule has 2 aromatic carbocycles. The van der Waals surface area contributed by atoms with Gasteiger partial charge in [0.1, 0.15) is 5.75 Å². The molecule has 0 saturated heterocycles. The van der Waals surface area contributed by atoms with Crippen LogP contribution >= 0.6 is 23.2 Å². The van der Waals surface area contributed by atoms with E-state index in [0.29, 0.717) is 11.3 Å². The monoisotopic (exact) mass is 458 g/mol. The summed E-state index contributed by atoms with van der Waals surface area (Å²) in [5.74, 6) is 0.741. The van der Waals surface area contributed by atoms with E-state index < -0.39 is 16.7 Å². The van der Waals surface area contributed by atoms with Gasteiger partial charge in [0.25, 0.3) is 5.56 Å². The Bertz CT molecular complexity index is 1350. The summed E-state index contributed by atoms with van der Waals surface area (Å²) in [6.45, 7) is 0. The zero-order valence-electron chi connectivity index (χ0n) is 16.3. The third-order valence-corrected chi connectivity index (χ3v) is 6.43. The van der Waals surface area contributed by atoms with E-state index in [-0.39, 0.29) is 27.4 Å². The van der Waals surface area contributed by atoms with E-state index in [1.807, 2.05) is 6.07 Å². The maximum Gasteiger partial charge on any atom is 0.344 e. The fourth-order valence-corrected chi connectivity index (χ4v) is 4.63. The van der Waals surface area contributed by atoms with Gasteiger partial charge in [-0.2, -0.15) is 5.10 Å². The van der Waals surface area contributed by atoms with E-state index in [0.717, 1.165) is 35.2 Å². The second-order valence-electron chi connectivity index (χ2n) is 7.70. The molecule has 2 aliphatic rings. The van der Waals surface area contributed by atoms with Crippen molar-refractivity contribution in [3.63, 3.8) is 0 Å². The van der Waals surface area contributed by atoms with E-state index in [1.165, 1.54) is 19.2 Å². The second-order valence-corrected chi connectivity index (χ2v) is 8.51. The maximum absolute atomic E-state index is 12.4. The summed E-state index contributed by atoms with van der Waals surface area (Å²) >= 11 is 12.8. The minimum atomic E-state index is -0.648. The molecule has 2 N–H and O–H groups in total. The van der Waals surface area contributed by atoms with Crippen molar-refractivity contribution < 1.29 is 9.53 Å². The van der Waals surface area contributed by atoms with Crippen molar-refractivity contribution in [2.75, 3.05) is 5.32 Å². The molecule has 1 spiro atoms. The van der Waals surface area contributed by atoms with Crippen LogP contribution in [0.1, 0.15) is 24.8 Å². The van der Waals surface area contributed by atoms with Crippen LogP contribution in [0.5, 0.6) is 11.5 Å². The zero-order valence-corrected chi connectivity index (χ0v) is 17.8. The fourth-order valence-electron chi connectivity index (χ4n) is 4.06. The average molecular weight is 459 g/mol. The van der Waals surface area contributed by atoms with Crippen LogP contribution in [0.15, 0.2) is 39.9 Å². The second kappa shape index (κ2) is 6.96.